The van der Waals surface area contributed by atoms with Crippen LogP contribution in [-0.2, 0) is 14.7 Å². The van der Waals surface area contributed by atoms with E-state index in [0.29, 0.717) is 5.41 Å². The standard InChI is InChI=1S/C15H21BN2O2/c1-13(2)14(3,4)20-16(19-13)12-9-17-8-11(18-12)15-5-10(6-15)7-15/h8-10H,5-7H2,1-4H3. The lowest BCUT2D eigenvalue weighted by Gasteiger charge is -2.61. The van der Waals surface area contributed by atoms with Gasteiger partial charge in [0.1, 0.15) is 0 Å². The Bertz CT molecular complexity index is 540. The van der Waals surface area contributed by atoms with E-state index in [1.54, 1.807) is 6.20 Å². The molecule has 2 heterocycles. The lowest BCUT2D eigenvalue weighted by molar-refractivity contribution is -0.0310. The smallest absolute Gasteiger partial charge is 0.398 e. The fraction of sp³-hybridized carbons (Fsp3) is 0.733. The zero-order valence-corrected chi connectivity index (χ0v) is 12.6. The number of rotatable bonds is 2. The predicted octanol–water partition coefficient (Wildman–Crippen LogP) is 1.83. The van der Waals surface area contributed by atoms with Crippen molar-refractivity contribution in [3.8, 4) is 0 Å². The summed E-state index contributed by atoms with van der Waals surface area (Å²) < 4.78 is 12.1. The molecule has 4 aliphatic rings. The van der Waals surface area contributed by atoms with Crippen LogP contribution in [0.3, 0.4) is 0 Å². The number of nitrogens with zero attached hydrogens (tertiary/aromatic N) is 2. The minimum absolute atomic E-state index is 0.328. The van der Waals surface area contributed by atoms with Crippen LogP contribution in [0.5, 0.6) is 0 Å². The summed E-state index contributed by atoms with van der Waals surface area (Å²) in [5.41, 5.74) is 1.62. The van der Waals surface area contributed by atoms with Crippen molar-refractivity contribution in [1.29, 1.82) is 0 Å². The largest absolute Gasteiger partial charge is 0.516 e. The molecular formula is C15H21BN2O2. The Morgan fingerprint density at radius 1 is 1.05 bits per heavy atom. The van der Waals surface area contributed by atoms with Crippen LogP contribution in [0.25, 0.3) is 0 Å². The third-order valence-corrected chi connectivity index (χ3v) is 5.73. The first-order valence-corrected chi connectivity index (χ1v) is 7.49. The van der Waals surface area contributed by atoms with Crippen molar-refractivity contribution in [2.24, 2.45) is 5.92 Å². The molecule has 5 rings (SSSR count). The molecule has 3 saturated carbocycles. The monoisotopic (exact) mass is 272 g/mol. The molecule has 3 aliphatic carbocycles. The molecule has 0 amide bonds. The average molecular weight is 272 g/mol. The van der Waals surface area contributed by atoms with Gasteiger partial charge in [-0.1, -0.05) is 0 Å². The Morgan fingerprint density at radius 3 is 2.15 bits per heavy atom. The van der Waals surface area contributed by atoms with E-state index in [-0.39, 0.29) is 11.2 Å². The second-order valence-electron chi connectivity index (χ2n) is 7.68. The summed E-state index contributed by atoms with van der Waals surface area (Å²) in [7, 11) is -0.403. The van der Waals surface area contributed by atoms with Crippen molar-refractivity contribution < 1.29 is 9.31 Å². The predicted molar refractivity (Wildman–Crippen MR) is 76.8 cm³/mol. The Labute approximate surface area is 120 Å². The van der Waals surface area contributed by atoms with E-state index in [0.717, 1.165) is 17.2 Å². The first-order valence-electron chi connectivity index (χ1n) is 7.49. The van der Waals surface area contributed by atoms with Gasteiger partial charge in [-0.25, -0.2) is 0 Å². The summed E-state index contributed by atoms with van der Waals surface area (Å²) in [5.74, 6) is 0.942. The van der Waals surface area contributed by atoms with Gasteiger partial charge in [0.05, 0.1) is 22.5 Å². The molecule has 4 fully saturated rings. The highest BCUT2D eigenvalue weighted by atomic mass is 16.7. The van der Waals surface area contributed by atoms with E-state index in [2.05, 4.69) is 32.7 Å². The SMILES string of the molecule is CC1(C)OB(c2cncc(C34CC(C3)C4)n2)OC1(C)C. The van der Waals surface area contributed by atoms with Crippen LogP contribution in [-0.4, -0.2) is 28.3 Å². The molecule has 1 aromatic heterocycles. The molecule has 0 atom stereocenters. The zero-order valence-electron chi connectivity index (χ0n) is 12.6. The minimum atomic E-state index is -0.403. The molecule has 0 unspecified atom stereocenters. The summed E-state index contributed by atoms with van der Waals surface area (Å²) in [5, 5.41) is 0. The van der Waals surface area contributed by atoms with Gasteiger partial charge in [0.25, 0.3) is 0 Å². The van der Waals surface area contributed by atoms with Gasteiger partial charge < -0.3 is 9.31 Å². The summed E-state index contributed by atoms with van der Waals surface area (Å²) >= 11 is 0. The molecule has 20 heavy (non-hydrogen) atoms. The maximum Gasteiger partial charge on any atom is 0.516 e. The Hall–Kier alpha value is -0.935. The zero-order chi connectivity index (χ0) is 14.2. The molecule has 1 aromatic rings. The highest BCUT2D eigenvalue weighted by Crippen LogP contribution is 2.64. The first kappa shape index (κ1) is 12.8. The quantitative estimate of drug-likeness (QED) is 0.770. The molecule has 2 bridgehead atoms. The fourth-order valence-corrected chi connectivity index (χ4v) is 3.51. The Morgan fingerprint density at radius 2 is 1.65 bits per heavy atom. The number of hydrogen-bond acceptors (Lipinski definition) is 4. The second kappa shape index (κ2) is 3.63. The molecule has 1 aliphatic heterocycles. The van der Waals surface area contributed by atoms with Crippen LogP contribution in [0, 0.1) is 5.92 Å². The van der Waals surface area contributed by atoms with E-state index >= 15 is 0 Å². The van der Waals surface area contributed by atoms with Gasteiger partial charge in [0.2, 0.25) is 0 Å². The topological polar surface area (TPSA) is 44.2 Å². The second-order valence-corrected chi connectivity index (χ2v) is 7.68. The van der Waals surface area contributed by atoms with Crippen LogP contribution in [0.15, 0.2) is 12.4 Å². The van der Waals surface area contributed by atoms with Crippen LogP contribution < -0.4 is 5.59 Å². The third-order valence-electron chi connectivity index (χ3n) is 5.73. The van der Waals surface area contributed by atoms with Crippen LogP contribution >= 0.6 is 0 Å². The minimum Gasteiger partial charge on any atom is -0.398 e. The lowest BCUT2D eigenvalue weighted by atomic mass is 9.43. The summed E-state index contributed by atoms with van der Waals surface area (Å²) in [6, 6.07) is 0. The summed E-state index contributed by atoms with van der Waals surface area (Å²) in [4.78, 5) is 9.18. The van der Waals surface area contributed by atoms with Gasteiger partial charge in [-0.2, -0.15) is 0 Å². The van der Waals surface area contributed by atoms with Crippen molar-refractivity contribution in [2.75, 3.05) is 0 Å². The molecule has 106 valence electrons. The van der Waals surface area contributed by atoms with Crippen LogP contribution in [0.4, 0.5) is 0 Å². The van der Waals surface area contributed by atoms with Crippen molar-refractivity contribution in [1.82, 2.24) is 9.97 Å². The van der Waals surface area contributed by atoms with Crippen LogP contribution in [0.2, 0.25) is 0 Å². The lowest BCUT2D eigenvalue weighted by Crippen LogP contribution is -2.56. The van der Waals surface area contributed by atoms with E-state index < -0.39 is 7.12 Å². The van der Waals surface area contributed by atoms with E-state index in [1.165, 1.54) is 19.3 Å². The van der Waals surface area contributed by atoms with Gasteiger partial charge >= 0.3 is 7.12 Å². The summed E-state index contributed by atoms with van der Waals surface area (Å²) in [6.07, 6.45) is 7.55. The molecule has 1 saturated heterocycles. The van der Waals surface area contributed by atoms with Crippen molar-refractivity contribution in [2.45, 2.75) is 63.6 Å². The highest BCUT2D eigenvalue weighted by molar-refractivity contribution is 6.61. The van der Waals surface area contributed by atoms with Gasteiger partial charge in [-0.15, -0.1) is 0 Å². The highest BCUT2D eigenvalue weighted by Gasteiger charge is 2.59. The molecule has 0 radical (unpaired) electrons. The van der Waals surface area contributed by atoms with Crippen molar-refractivity contribution in [3.05, 3.63) is 18.1 Å². The summed E-state index contributed by atoms with van der Waals surface area (Å²) in [6.45, 7) is 8.24. The Balaban J connectivity index is 1.62. The third kappa shape index (κ3) is 1.56. The van der Waals surface area contributed by atoms with Gasteiger partial charge in [0, 0.05) is 17.8 Å². The molecule has 4 nitrogen and oxygen atoms in total. The first-order chi connectivity index (χ1) is 9.31. The molecule has 0 spiro atoms. The van der Waals surface area contributed by atoms with E-state index in [4.69, 9.17) is 14.3 Å². The fourth-order valence-electron chi connectivity index (χ4n) is 3.51. The van der Waals surface area contributed by atoms with Gasteiger partial charge in [-0.3, -0.25) is 9.97 Å². The molecule has 0 N–H and O–H groups in total. The van der Waals surface area contributed by atoms with Crippen molar-refractivity contribution in [3.63, 3.8) is 0 Å². The van der Waals surface area contributed by atoms with Gasteiger partial charge in [-0.05, 0) is 52.9 Å². The average Bonchev–Trinajstić information content (AvgIpc) is 2.44. The maximum atomic E-state index is 6.06. The van der Waals surface area contributed by atoms with E-state index in [9.17, 15) is 0 Å². The normalized spacial score (nSPS) is 36.4. The molecular weight excluding hydrogens is 251 g/mol. The van der Waals surface area contributed by atoms with Crippen LogP contribution in [0.1, 0.15) is 52.7 Å². The molecule has 5 heteroatoms. The Kier molecular flexibility index (Phi) is 2.32. The van der Waals surface area contributed by atoms with Crippen molar-refractivity contribution >= 4 is 12.7 Å². The van der Waals surface area contributed by atoms with E-state index in [1.807, 2.05) is 6.20 Å². The maximum absolute atomic E-state index is 6.06. The molecule has 0 aromatic carbocycles. The number of hydrogen-bond donors (Lipinski definition) is 0. The number of aromatic nitrogens is 2. The van der Waals surface area contributed by atoms with Gasteiger partial charge in [0.15, 0.2) is 0 Å².